The van der Waals surface area contributed by atoms with Crippen molar-refractivity contribution < 1.29 is 9.66 Å². The fourth-order valence-corrected chi connectivity index (χ4v) is 3.56. The van der Waals surface area contributed by atoms with Gasteiger partial charge < -0.3 is 10.1 Å². The Kier molecular flexibility index (Phi) is 6.96. The second kappa shape index (κ2) is 9.63. The van der Waals surface area contributed by atoms with E-state index in [1.165, 1.54) is 17.7 Å². The first-order chi connectivity index (χ1) is 14.0. The van der Waals surface area contributed by atoms with Crippen molar-refractivity contribution in [2.24, 2.45) is 0 Å². The number of aryl methyl sites for hydroxylation is 1. The Morgan fingerprint density at radius 2 is 1.66 bits per heavy atom. The molecule has 0 unspecified atom stereocenters. The molecule has 0 aliphatic rings. The third kappa shape index (κ3) is 5.40. The summed E-state index contributed by atoms with van der Waals surface area (Å²) in [6.45, 7) is 2.91. The van der Waals surface area contributed by atoms with E-state index < -0.39 is 4.92 Å². The zero-order valence-electron chi connectivity index (χ0n) is 15.8. The predicted octanol–water partition coefficient (Wildman–Crippen LogP) is 6.66. The molecular formula is C22H20Cl2N2O3. The van der Waals surface area contributed by atoms with Crippen LogP contribution in [0, 0.1) is 10.1 Å². The molecule has 5 nitrogen and oxygen atoms in total. The molecule has 0 aliphatic carbocycles. The van der Waals surface area contributed by atoms with Crippen LogP contribution in [-0.2, 0) is 19.6 Å². The van der Waals surface area contributed by atoms with E-state index >= 15 is 0 Å². The van der Waals surface area contributed by atoms with Crippen LogP contribution in [0.15, 0.2) is 60.7 Å². The van der Waals surface area contributed by atoms with Crippen LogP contribution in [0.4, 0.5) is 11.4 Å². The van der Waals surface area contributed by atoms with Gasteiger partial charge in [0.25, 0.3) is 5.69 Å². The molecular weight excluding hydrogens is 411 g/mol. The van der Waals surface area contributed by atoms with E-state index in [1.54, 1.807) is 12.1 Å². The van der Waals surface area contributed by atoms with E-state index in [4.69, 9.17) is 27.9 Å². The van der Waals surface area contributed by atoms with E-state index in [0.29, 0.717) is 22.3 Å². The first kappa shape index (κ1) is 21.0. The normalized spacial score (nSPS) is 10.6. The number of benzene rings is 3. The van der Waals surface area contributed by atoms with E-state index in [-0.39, 0.29) is 12.3 Å². The van der Waals surface area contributed by atoms with E-state index in [0.717, 1.165) is 23.2 Å². The number of para-hydroxylation sites is 1. The van der Waals surface area contributed by atoms with Crippen molar-refractivity contribution in [1.82, 2.24) is 0 Å². The Morgan fingerprint density at radius 1 is 1.00 bits per heavy atom. The number of hydrogen-bond donors (Lipinski definition) is 1. The van der Waals surface area contributed by atoms with Gasteiger partial charge in [0, 0.05) is 24.4 Å². The summed E-state index contributed by atoms with van der Waals surface area (Å²) in [5, 5.41) is 15.0. The monoisotopic (exact) mass is 430 g/mol. The third-order valence-corrected chi connectivity index (χ3v) is 5.03. The van der Waals surface area contributed by atoms with Crippen molar-refractivity contribution in [3.63, 3.8) is 0 Å². The van der Waals surface area contributed by atoms with Gasteiger partial charge in [0.05, 0.1) is 15.0 Å². The molecule has 29 heavy (non-hydrogen) atoms. The number of anilines is 1. The van der Waals surface area contributed by atoms with Crippen LogP contribution in [0.25, 0.3) is 0 Å². The Balaban J connectivity index is 1.66. The number of rotatable bonds is 8. The molecule has 0 amide bonds. The highest BCUT2D eigenvalue weighted by Gasteiger charge is 2.11. The van der Waals surface area contributed by atoms with Gasteiger partial charge in [-0.15, -0.1) is 0 Å². The fraction of sp³-hybridized carbons (Fsp3) is 0.182. The summed E-state index contributed by atoms with van der Waals surface area (Å²) in [4.78, 5) is 10.3. The molecule has 0 saturated heterocycles. The van der Waals surface area contributed by atoms with Gasteiger partial charge in [0.15, 0.2) is 5.75 Å². The predicted molar refractivity (Wildman–Crippen MR) is 117 cm³/mol. The van der Waals surface area contributed by atoms with Crippen molar-refractivity contribution in [1.29, 1.82) is 0 Å². The highest BCUT2D eigenvalue weighted by Crippen LogP contribution is 2.35. The van der Waals surface area contributed by atoms with Crippen LogP contribution in [0.5, 0.6) is 5.75 Å². The molecule has 0 bridgehead atoms. The van der Waals surface area contributed by atoms with Gasteiger partial charge in [0.1, 0.15) is 6.61 Å². The number of hydrogen-bond acceptors (Lipinski definition) is 4. The average molecular weight is 431 g/mol. The topological polar surface area (TPSA) is 64.4 Å². The average Bonchev–Trinajstić information content (AvgIpc) is 2.72. The lowest BCUT2D eigenvalue weighted by Gasteiger charge is -2.14. The molecule has 3 aromatic carbocycles. The Hall–Kier alpha value is -2.76. The van der Waals surface area contributed by atoms with Gasteiger partial charge in [-0.1, -0.05) is 48.3 Å². The molecule has 7 heteroatoms. The molecule has 150 valence electrons. The highest BCUT2D eigenvalue weighted by atomic mass is 35.5. The molecule has 1 N–H and O–H groups in total. The van der Waals surface area contributed by atoms with E-state index in [9.17, 15) is 10.1 Å². The lowest BCUT2D eigenvalue weighted by atomic mass is 10.1. The van der Waals surface area contributed by atoms with Crippen molar-refractivity contribution >= 4 is 34.6 Å². The minimum absolute atomic E-state index is 0.0336. The molecule has 0 saturated carbocycles. The zero-order valence-corrected chi connectivity index (χ0v) is 17.3. The first-order valence-corrected chi connectivity index (χ1v) is 9.89. The molecule has 3 rings (SSSR count). The Bertz CT molecular complexity index is 984. The van der Waals surface area contributed by atoms with Crippen LogP contribution < -0.4 is 10.1 Å². The van der Waals surface area contributed by atoms with E-state index in [1.807, 2.05) is 30.3 Å². The molecule has 0 radical (unpaired) electrons. The highest BCUT2D eigenvalue weighted by molar-refractivity contribution is 6.37. The fourth-order valence-electron chi connectivity index (χ4n) is 2.92. The molecule has 0 heterocycles. The molecule has 0 aliphatic heterocycles. The van der Waals surface area contributed by atoms with Crippen molar-refractivity contribution in [3.8, 4) is 5.75 Å². The van der Waals surface area contributed by atoms with Crippen LogP contribution in [0.2, 0.25) is 10.0 Å². The van der Waals surface area contributed by atoms with Gasteiger partial charge >= 0.3 is 0 Å². The minimum Gasteiger partial charge on any atom is -0.486 e. The number of nitro groups is 1. The number of non-ortho nitro benzene ring substituents is 1. The second-order valence-corrected chi connectivity index (χ2v) is 7.28. The molecule has 0 atom stereocenters. The van der Waals surface area contributed by atoms with Gasteiger partial charge in [-0.3, -0.25) is 10.1 Å². The van der Waals surface area contributed by atoms with Crippen LogP contribution >= 0.6 is 23.2 Å². The number of nitro benzene ring substituents is 1. The maximum Gasteiger partial charge on any atom is 0.269 e. The van der Waals surface area contributed by atoms with Gasteiger partial charge in [0.2, 0.25) is 0 Å². The SMILES string of the molecule is CCc1ccccc1NCc1cc(Cl)c(OCc2ccc([N+](=O)[O-])cc2)c(Cl)c1. The Morgan fingerprint density at radius 3 is 2.28 bits per heavy atom. The van der Waals surface area contributed by atoms with Crippen LogP contribution in [0.3, 0.4) is 0 Å². The third-order valence-electron chi connectivity index (χ3n) is 4.47. The standard InChI is InChI=1S/C22H20Cl2N2O3/c1-2-17-5-3-4-6-21(17)25-13-16-11-19(23)22(20(24)12-16)29-14-15-7-9-18(10-8-15)26(27)28/h3-12,25H,2,13-14H2,1H3. The molecule has 0 fully saturated rings. The van der Waals surface area contributed by atoms with Crippen molar-refractivity contribution in [2.75, 3.05) is 5.32 Å². The molecule has 3 aromatic rings. The minimum atomic E-state index is -0.440. The lowest BCUT2D eigenvalue weighted by Crippen LogP contribution is -2.03. The Labute approximate surface area is 179 Å². The van der Waals surface area contributed by atoms with E-state index in [2.05, 4.69) is 18.3 Å². The quantitative estimate of drug-likeness (QED) is 0.320. The summed E-state index contributed by atoms with van der Waals surface area (Å²) in [6.07, 6.45) is 0.945. The first-order valence-electron chi connectivity index (χ1n) is 9.13. The lowest BCUT2D eigenvalue weighted by molar-refractivity contribution is -0.384. The van der Waals surface area contributed by atoms with Crippen LogP contribution in [-0.4, -0.2) is 4.92 Å². The van der Waals surface area contributed by atoms with Gasteiger partial charge in [-0.05, 0) is 53.4 Å². The smallest absolute Gasteiger partial charge is 0.269 e. The second-order valence-electron chi connectivity index (χ2n) is 6.47. The van der Waals surface area contributed by atoms with Crippen molar-refractivity contribution in [2.45, 2.75) is 26.5 Å². The number of ether oxygens (including phenoxy) is 1. The zero-order chi connectivity index (χ0) is 20.8. The summed E-state index contributed by atoms with van der Waals surface area (Å²) in [5.74, 6) is 0.393. The van der Waals surface area contributed by atoms with Gasteiger partial charge in [-0.2, -0.15) is 0 Å². The molecule has 0 spiro atoms. The summed E-state index contributed by atoms with van der Waals surface area (Å²) < 4.78 is 5.75. The number of nitrogens with one attached hydrogen (secondary N) is 1. The summed E-state index contributed by atoms with van der Waals surface area (Å²) in [7, 11) is 0. The summed E-state index contributed by atoms with van der Waals surface area (Å²) >= 11 is 12.8. The van der Waals surface area contributed by atoms with Crippen molar-refractivity contribution in [3.05, 3.63) is 97.5 Å². The maximum atomic E-state index is 10.7. The largest absolute Gasteiger partial charge is 0.486 e. The number of nitrogens with zero attached hydrogens (tertiary/aromatic N) is 1. The number of halogens is 2. The summed E-state index contributed by atoms with van der Waals surface area (Å²) in [5.41, 5.74) is 4.08. The van der Waals surface area contributed by atoms with Crippen LogP contribution in [0.1, 0.15) is 23.6 Å². The van der Waals surface area contributed by atoms with Gasteiger partial charge in [-0.25, -0.2) is 0 Å². The molecule has 0 aromatic heterocycles. The summed E-state index contributed by atoms with van der Waals surface area (Å²) in [6, 6.07) is 18.0. The maximum absolute atomic E-state index is 10.7.